The fraction of sp³-hybridized carbons (Fsp3) is 0.100. The van der Waals surface area contributed by atoms with Crippen molar-refractivity contribution in [2.75, 3.05) is 0 Å². The summed E-state index contributed by atoms with van der Waals surface area (Å²) in [6, 6.07) is 6.04. The molecule has 1 atom stereocenters. The molecule has 0 aliphatic carbocycles. The largest absolute Gasteiger partial charge is 0.480 e. The first-order valence-corrected chi connectivity index (χ1v) is 3.86. The van der Waals surface area contributed by atoms with E-state index >= 15 is 0 Å². The second-order valence-corrected chi connectivity index (χ2v) is 2.69. The predicted molar refractivity (Wildman–Crippen MR) is 51.1 cm³/mol. The minimum Gasteiger partial charge on any atom is -0.480 e. The topological polar surface area (TPSA) is 63.3 Å². The van der Waals surface area contributed by atoms with Crippen molar-refractivity contribution in [2.45, 2.75) is 6.04 Å². The van der Waals surface area contributed by atoms with Gasteiger partial charge in [0.05, 0.1) is 0 Å². The molecular formula is C10H11NO2. The van der Waals surface area contributed by atoms with Gasteiger partial charge in [-0.25, -0.2) is 0 Å². The van der Waals surface area contributed by atoms with Gasteiger partial charge in [0, 0.05) is 0 Å². The van der Waals surface area contributed by atoms with Crippen LogP contribution in [0.15, 0.2) is 30.8 Å². The van der Waals surface area contributed by atoms with Crippen LogP contribution in [0.2, 0.25) is 0 Å². The minimum absolute atomic E-state index is 0.588. The third-order valence-electron chi connectivity index (χ3n) is 1.77. The molecule has 1 aromatic carbocycles. The zero-order valence-corrected chi connectivity index (χ0v) is 7.10. The number of hydrogen-bond acceptors (Lipinski definition) is 2. The van der Waals surface area contributed by atoms with E-state index in [2.05, 4.69) is 6.58 Å². The summed E-state index contributed by atoms with van der Waals surface area (Å²) in [5.74, 6) is -1.03. The fourth-order valence-corrected chi connectivity index (χ4v) is 1.02. The number of aliphatic carboxylic acids is 1. The Labute approximate surface area is 76.5 Å². The second-order valence-electron chi connectivity index (χ2n) is 2.69. The van der Waals surface area contributed by atoms with Gasteiger partial charge in [0.2, 0.25) is 0 Å². The van der Waals surface area contributed by atoms with E-state index in [1.54, 1.807) is 24.3 Å². The monoisotopic (exact) mass is 177 g/mol. The number of benzene rings is 1. The molecule has 0 heterocycles. The lowest BCUT2D eigenvalue weighted by molar-refractivity contribution is -0.138. The molecule has 0 aromatic heterocycles. The normalized spacial score (nSPS) is 12.1. The maximum Gasteiger partial charge on any atom is 0.325 e. The zero-order chi connectivity index (χ0) is 9.84. The maximum atomic E-state index is 10.5. The van der Waals surface area contributed by atoms with Crippen LogP contribution >= 0.6 is 0 Å². The number of carboxylic acids is 1. The summed E-state index contributed by atoms with van der Waals surface area (Å²) in [7, 11) is 0. The van der Waals surface area contributed by atoms with Gasteiger partial charge < -0.3 is 10.8 Å². The fourth-order valence-electron chi connectivity index (χ4n) is 1.02. The summed E-state index contributed by atoms with van der Waals surface area (Å²) in [5, 5.41) is 8.65. The molecule has 0 fully saturated rings. The van der Waals surface area contributed by atoms with Crippen molar-refractivity contribution in [1.82, 2.24) is 0 Å². The SMILES string of the molecule is C=Cc1cccc(C(N)C(=O)O)c1. The van der Waals surface area contributed by atoms with Crippen LogP contribution in [0, 0.1) is 0 Å². The molecule has 3 heteroatoms. The highest BCUT2D eigenvalue weighted by Crippen LogP contribution is 2.13. The van der Waals surface area contributed by atoms with Crippen LogP contribution in [0.4, 0.5) is 0 Å². The third kappa shape index (κ3) is 2.16. The Kier molecular flexibility index (Phi) is 2.82. The molecule has 0 saturated heterocycles. The lowest BCUT2D eigenvalue weighted by Crippen LogP contribution is -2.20. The van der Waals surface area contributed by atoms with E-state index in [-0.39, 0.29) is 0 Å². The average molecular weight is 177 g/mol. The van der Waals surface area contributed by atoms with Gasteiger partial charge in [-0.05, 0) is 17.2 Å². The van der Waals surface area contributed by atoms with E-state index in [4.69, 9.17) is 10.8 Å². The quantitative estimate of drug-likeness (QED) is 0.733. The van der Waals surface area contributed by atoms with Gasteiger partial charge in [-0.15, -0.1) is 0 Å². The highest BCUT2D eigenvalue weighted by Gasteiger charge is 2.13. The number of carbonyl (C=O) groups is 1. The predicted octanol–water partition coefficient (Wildman–Crippen LogP) is 1.41. The molecule has 0 aliphatic rings. The van der Waals surface area contributed by atoms with Gasteiger partial charge in [-0.2, -0.15) is 0 Å². The molecule has 0 spiro atoms. The summed E-state index contributed by atoms with van der Waals surface area (Å²) in [5.41, 5.74) is 6.89. The van der Waals surface area contributed by atoms with Crippen molar-refractivity contribution in [3.63, 3.8) is 0 Å². The van der Waals surface area contributed by atoms with Crippen molar-refractivity contribution in [3.8, 4) is 0 Å². The summed E-state index contributed by atoms with van der Waals surface area (Å²) in [6.45, 7) is 3.59. The number of hydrogen-bond donors (Lipinski definition) is 2. The van der Waals surface area contributed by atoms with Gasteiger partial charge in [-0.1, -0.05) is 30.9 Å². The van der Waals surface area contributed by atoms with Crippen LogP contribution in [0.5, 0.6) is 0 Å². The van der Waals surface area contributed by atoms with Gasteiger partial charge >= 0.3 is 5.97 Å². The highest BCUT2D eigenvalue weighted by molar-refractivity contribution is 5.75. The molecule has 1 rings (SSSR count). The first kappa shape index (κ1) is 9.48. The zero-order valence-electron chi connectivity index (χ0n) is 7.10. The molecule has 68 valence electrons. The van der Waals surface area contributed by atoms with Crippen LogP contribution in [0.1, 0.15) is 17.2 Å². The average Bonchev–Trinajstić information content (AvgIpc) is 2.16. The van der Waals surface area contributed by atoms with E-state index < -0.39 is 12.0 Å². The minimum atomic E-state index is -1.03. The van der Waals surface area contributed by atoms with E-state index in [1.807, 2.05) is 6.07 Å². The van der Waals surface area contributed by atoms with Gasteiger partial charge in [0.25, 0.3) is 0 Å². The first-order chi connectivity index (χ1) is 6.15. The lowest BCUT2D eigenvalue weighted by atomic mass is 10.0. The van der Waals surface area contributed by atoms with E-state index in [0.29, 0.717) is 5.56 Å². The van der Waals surface area contributed by atoms with Gasteiger partial charge in [0.15, 0.2) is 0 Å². The smallest absolute Gasteiger partial charge is 0.325 e. The van der Waals surface area contributed by atoms with E-state index in [1.165, 1.54) is 0 Å². The van der Waals surface area contributed by atoms with Crippen LogP contribution < -0.4 is 5.73 Å². The number of nitrogens with two attached hydrogens (primary N) is 1. The van der Waals surface area contributed by atoms with Crippen molar-refractivity contribution < 1.29 is 9.90 Å². The van der Waals surface area contributed by atoms with E-state index in [9.17, 15) is 4.79 Å². The first-order valence-electron chi connectivity index (χ1n) is 3.86. The van der Waals surface area contributed by atoms with Crippen molar-refractivity contribution >= 4 is 12.0 Å². The van der Waals surface area contributed by atoms with Gasteiger partial charge in [0.1, 0.15) is 6.04 Å². The van der Waals surface area contributed by atoms with Crippen molar-refractivity contribution in [1.29, 1.82) is 0 Å². The van der Waals surface area contributed by atoms with Crippen LogP contribution in [0.3, 0.4) is 0 Å². The Hall–Kier alpha value is -1.61. The molecular weight excluding hydrogens is 166 g/mol. The molecule has 0 bridgehead atoms. The summed E-state index contributed by atoms with van der Waals surface area (Å²) < 4.78 is 0. The van der Waals surface area contributed by atoms with Crippen LogP contribution in [0.25, 0.3) is 6.08 Å². The summed E-state index contributed by atoms with van der Waals surface area (Å²) in [6.07, 6.45) is 1.65. The number of rotatable bonds is 3. The molecule has 0 radical (unpaired) electrons. The van der Waals surface area contributed by atoms with Crippen molar-refractivity contribution in [2.24, 2.45) is 5.73 Å². The molecule has 3 nitrogen and oxygen atoms in total. The standard InChI is InChI=1S/C10H11NO2/c1-2-7-4-3-5-8(6-7)9(11)10(12)13/h2-6,9H,1,11H2,(H,12,13). The second kappa shape index (κ2) is 3.87. The molecule has 0 amide bonds. The van der Waals surface area contributed by atoms with Crippen molar-refractivity contribution in [3.05, 3.63) is 42.0 Å². The Balaban J connectivity index is 3.01. The lowest BCUT2D eigenvalue weighted by Gasteiger charge is -2.06. The molecule has 1 unspecified atom stereocenters. The molecule has 13 heavy (non-hydrogen) atoms. The van der Waals surface area contributed by atoms with Gasteiger partial charge in [-0.3, -0.25) is 4.79 Å². The number of carboxylic acid groups (broad SMARTS) is 1. The maximum absolute atomic E-state index is 10.5. The molecule has 0 saturated carbocycles. The van der Waals surface area contributed by atoms with Crippen LogP contribution in [-0.2, 0) is 4.79 Å². The highest BCUT2D eigenvalue weighted by atomic mass is 16.4. The third-order valence-corrected chi connectivity index (χ3v) is 1.77. The van der Waals surface area contributed by atoms with Crippen LogP contribution in [-0.4, -0.2) is 11.1 Å². The Morgan fingerprint density at radius 2 is 2.31 bits per heavy atom. The Morgan fingerprint density at radius 3 is 2.85 bits per heavy atom. The van der Waals surface area contributed by atoms with E-state index in [0.717, 1.165) is 5.56 Å². The molecule has 1 aromatic rings. The molecule has 3 N–H and O–H groups in total. The summed E-state index contributed by atoms with van der Waals surface area (Å²) >= 11 is 0. The Bertz CT molecular complexity index is 333. The summed E-state index contributed by atoms with van der Waals surface area (Å²) in [4.78, 5) is 10.5. The Morgan fingerprint density at radius 1 is 1.62 bits per heavy atom. The molecule has 0 aliphatic heterocycles.